The molecule has 0 aliphatic carbocycles. The molecule has 0 bridgehead atoms. The highest BCUT2D eigenvalue weighted by molar-refractivity contribution is 5.25. The maximum atomic E-state index is 13.1. The number of rotatable bonds is 5. The lowest BCUT2D eigenvalue weighted by Gasteiger charge is -2.32. The van der Waals surface area contributed by atoms with Crippen LogP contribution in [-0.2, 0) is 17.5 Å². The second-order valence-electron chi connectivity index (χ2n) is 6.62. The van der Waals surface area contributed by atoms with Crippen molar-refractivity contribution in [1.82, 2.24) is 5.32 Å². The Morgan fingerprint density at radius 1 is 1.08 bits per heavy atom. The van der Waals surface area contributed by atoms with Crippen LogP contribution < -0.4 is 5.32 Å². The summed E-state index contributed by atoms with van der Waals surface area (Å²) >= 11 is 0. The predicted octanol–water partition coefficient (Wildman–Crippen LogP) is 4.75. The zero-order chi connectivity index (χ0) is 18.6. The van der Waals surface area contributed by atoms with E-state index in [2.05, 4.69) is 5.32 Å². The van der Waals surface area contributed by atoms with E-state index in [0.717, 1.165) is 37.2 Å². The fraction of sp³-hybridized carbons (Fsp3) is 0.400. The van der Waals surface area contributed by atoms with Crippen molar-refractivity contribution in [3.63, 3.8) is 0 Å². The predicted molar refractivity (Wildman–Crippen MR) is 91.2 cm³/mol. The number of piperidine rings is 1. The SMILES string of the molecule is Fc1ccc([C@@H]2CCNC[C@H]2COCc2cccc(C(F)(F)F)c2)cc1. The highest BCUT2D eigenvalue weighted by Gasteiger charge is 2.30. The van der Waals surface area contributed by atoms with Gasteiger partial charge >= 0.3 is 6.18 Å². The minimum absolute atomic E-state index is 0.135. The van der Waals surface area contributed by atoms with E-state index in [-0.39, 0.29) is 24.3 Å². The summed E-state index contributed by atoms with van der Waals surface area (Å²) in [6.07, 6.45) is -3.43. The number of halogens is 4. The van der Waals surface area contributed by atoms with Crippen LogP contribution in [0.4, 0.5) is 17.6 Å². The minimum atomic E-state index is -4.35. The molecule has 0 amide bonds. The molecule has 1 aliphatic heterocycles. The topological polar surface area (TPSA) is 21.3 Å². The van der Waals surface area contributed by atoms with Gasteiger partial charge in [0.15, 0.2) is 0 Å². The first-order chi connectivity index (χ1) is 12.4. The molecule has 1 fully saturated rings. The van der Waals surface area contributed by atoms with Crippen molar-refractivity contribution < 1.29 is 22.3 Å². The van der Waals surface area contributed by atoms with E-state index in [0.29, 0.717) is 12.2 Å². The second-order valence-corrected chi connectivity index (χ2v) is 6.62. The molecule has 140 valence electrons. The standard InChI is InChI=1S/C20H21F4NO/c21-18-6-4-15(5-7-18)19-8-9-25-11-16(19)13-26-12-14-2-1-3-17(10-14)20(22,23)24/h1-7,10,16,19,25H,8-9,11-13H2/t16-,19-/m0/s1. The van der Waals surface area contributed by atoms with Gasteiger partial charge in [0.05, 0.1) is 18.8 Å². The highest BCUT2D eigenvalue weighted by Crippen LogP contribution is 2.32. The Hall–Kier alpha value is -1.92. The van der Waals surface area contributed by atoms with Gasteiger partial charge in [-0.05, 0) is 54.3 Å². The number of hydrogen-bond donors (Lipinski definition) is 1. The van der Waals surface area contributed by atoms with Crippen LogP contribution in [0.1, 0.15) is 29.0 Å². The van der Waals surface area contributed by atoms with Gasteiger partial charge in [-0.1, -0.05) is 24.3 Å². The molecule has 3 rings (SSSR count). The lowest BCUT2D eigenvalue weighted by molar-refractivity contribution is -0.137. The molecule has 1 N–H and O–H groups in total. The summed E-state index contributed by atoms with van der Waals surface area (Å²) in [6.45, 7) is 2.22. The first-order valence-corrected chi connectivity index (χ1v) is 8.63. The van der Waals surface area contributed by atoms with Crippen molar-refractivity contribution in [2.45, 2.75) is 25.1 Å². The summed E-state index contributed by atoms with van der Waals surface area (Å²) in [6, 6.07) is 11.7. The van der Waals surface area contributed by atoms with Gasteiger partial charge in [-0.2, -0.15) is 13.2 Å². The molecule has 0 unspecified atom stereocenters. The molecule has 1 saturated heterocycles. The summed E-state index contributed by atoms with van der Waals surface area (Å²) in [5, 5.41) is 3.32. The second kappa shape index (κ2) is 8.18. The van der Waals surface area contributed by atoms with Gasteiger partial charge < -0.3 is 10.1 Å². The van der Waals surface area contributed by atoms with E-state index in [4.69, 9.17) is 4.74 Å². The third-order valence-electron chi connectivity index (χ3n) is 4.76. The quantitative estimate of drug-likeness (QED) is 0.770. The molecule has 1 heterocycles. The van der Waals surface area contributed by atoms with Gasteiger partial charge in [0.2, 0.25) is 0 Å². The summed E-state index contributed by atoms with van der Waals surface area (Å²) < 4.78 is 57.2. The van der Waals surface area contributed by atoms with Gasteiger partial charge in [-0.15, -0.1) is 0 Å². The van der Waals surface area contributed by atoms with E-state index in [9.17, 15) is 17.6 Å². The molecule has 26 heavy (non-hydrogen) atoms. The number of benzene rings is 2. The molecular formula is C20H21F4NO. The Morgan fingerprint density at radius 2 is 1.85 bits per heavy atom. The molecule has 2 aromatic carbocycles. The highest BCUT2D eigenvalue weighted by atomic mass is 19.4. The Kier molecular flexibility index (Phi) is 5.94. The fourth-order valence-electron chi connectivity index (χ4n) is 3.41. The van der Waals surface area contributed by atoms with Crippen LogP contribution in [0.15, 0.2) is 48.5 Å². The molecule has 6 heteroatoms. The minimum Gasteiger partial charge on any atom is -0.376 e. The lowest BCUT2D eigenvalue weighted by atomic mass is 9.81. The lowest BCUT2D eigenvalue weighted by Crippen LogP contribution is -2.37. The van der Waals surface area contributed by atoms with Gasteiger partial charge in [-0.25, -0.2) is 4.39 Å². The van der Waals surface area contributed by atoms with Crippen LogP contribution in [0.3, 0.4) is 0 Å². The Morgan fingerprint density at radius 3 is 2.58 bits per heavy atom. The maximum absolute atomic E-state index is 13.1. The van der Waals surface area contributed by atoms with Crippen molar-refractivity contribution in [2.24, 2.45) is 5.92 Å². The Labute approximate surface area is 150 Å². The van der Waals surface area contributed by atoms with Crippen LogP contribution in [-0.4, -0.2) is 19.7 Å². The van der Waals surface area contributed by atoms with E-state index in [1.54, 1.807) is 18.2 Å². The first kappa shape index (κ1) is 18.9. The molecule has 2 aromatic rings. The number of ether oxygens (including phenoxy) is 1. The zero-order valence-corrected chi connectivity index (χ0v) is 14.2. The average Bonchev–Trinajstić information content (AvgIpc) is 2.62. The summed E-state index contributed by atoms with van der Waals surface area (Å²) in [5.41, 5.74) is 0.907. The fourth-order valence-corrected chi connectivity index (χ4v) is 3.41. The molecule has 0 radical (unpaired) electrons. The van der Waals surface area contributed by atoms with Crippen molar-refractivity contribution in [3.8, 4) is 0 Å². The number of nitrogens with one attached hydrogen (secondary N) is 1. The molecule has 2 atom stereocenters. The molecule has 2 nitrogen and oxygen atoms in total. The van der Waals surface area contributed by atoms with Gasteiger partial charge in [-0.3, -0.25) is 0 Å². The van der Waals surface area contributed by atoms with E-state index in [1.807, 2.05) is 0 Å². The molecule has 0 saturated carbocycles. The summed E-state index contributed by atoms with van der Waals surface area (Å²) in [7, 11) is 0. The average molecular weight is 367 g/mol. The maximum Gasteiger partial charge on any atom is 0.416 e. The third-order valence-corrected chi connectivity index (χ3v) is 4.76. The summed E-state index contributed by atoms with van der Waals surface area (Å²) in [4.78, 5) is 0. The van der Waals surface area contributed by atoms with Gasteiger partial charge in [0.1, 0.15) is 5.82 Å². The van der Waals surface area contributed by atoms with Crippen molar-refractivity contribution >= 4 is 0 Å². The monoisotopic (exact) mass is 367 g/mol. The Bertz CT molecular complexity index is 714. The molecular weight excluding hydrogens is 346 g/mol. The van der Waals surface area contributed by atoms with Crippen LogP contribution in [0, 0.1) is 11.7 Å². The van der Waals surface area contributed by atoms with Gasteiger partial charge in [0.25, 0.3) is 0 Å². The van der Waals surface area contributed by atoms with Crippen LogP contribution in [0.2, 0.25) is 0 Å². The summed E-state index contributed by atoms with van der Waals surface area (Å²) in [5.74, 6) is 0.179. The van der Waals surface area contributed by atoms with E-state index < -0.39 is 11.7 Å². The van der Waals surface area contributed by atoms with Gasteiger partial charge in [0, 0.05) is 12.5 Å². The normalized spacial score (nSPS) is 20.9. The van der Waals surface area contributed by atoms with Crippen molar-refractivity contribution in [2.75, 3.05) is 19.7 Å². The first-order valence-electron chi connectivity index (χ1n) is 8.63. The molecule has 1 aliphatic rings. The number of alkyl halides is 3. The smallest absolute Gasteiger partial charge is 0.376 e. The number of hydrogen-bond acceptors (Lipinski definition) is 2. The zero-order valence-electron chi connectivity index (χ0n) is 14.2. The molecule has 0 aromatic heterocycles. The van der Waals surface area contributed by atoms with E-state index in [1.165, 1.54) is 18.2 Å². The third kappa shape index (κ3) is 4.83. The van der Waals surface area contributed by atoms with E-state index >= 15 is 0 Å². The van der Waals surface area contributed by atoms with Crippen molar-refractivity contribution in [3.05, 3.63) is 71.0 Å². The molecule has 0 spiro atoms. The van der Waals surface area contributed by atoms with Crippen molar-refractivity contribution in [1.29, 1.82) is 0 Å². The van der Waals surface area contributed by atoms with Crippen LogP contribution in [0.25, 0.3) is 0 Å². The van der Waals surface area contributed by atoms with Crippen LogP contribution in [0.5, 0.6) is 0 Å². The largest absolute Gasteiger partial charge is 0.416 e. The van der Waals surface area contributed by atoms with Crippen LogP contribution >= 0.6 is 0 Å². The Balaban J connectivity index is 1.60.